The van der Waals surface area contributed by atoms with Crippen LogP contribution in [0.15, 0.2) is 72.8 Å². The molecule has 3 aromatic carbocycles. The van der Waals surface area contributed by atoms with Crippen LogP contribution in [0.2, 0.25) is 15.1 Å². The Morgan fingerprint density at radius 1 is 0.587 bits per heavy atom. The first kappa shape index (κ1) is 36.8. The first-order valence-electron chi connectivity index (χ1n) is 14.8. The molecule has 0 aliphatic heterocycles. The molecular weight excluding hydrogens is 653 g/mol. The number of aliphatic carboxylic acids is 1. The molecule has 4 atom stereocenters. The molecule has 0 aliphatic rings. The van der Waals surface area contributed by atoms with Gasteiger partial charge in [0.2, 0.25) is 17.7 Å². The van der Waals surface area contributed by atoms with Gasteiger partial charge in [-0.15, -0.1) is 0 Å². The number of unbranched alkanes of at least 4 members (excludes halogenated alkanes) is 1. The van der Waals surface area contributed by atoms with Crippen LogP contribution in [0.1, 0.15) is 36.0 Å². The van der Waals surface area contributed by atoms with E-state index in [0.717, 1.165) is 5.56 Å². The summed E-state index contributed by atoms with van der Waals surface area (Å²) >= 11 is 18.0. The highest BCUT2D eigenvalue weighted by Crippen LogP contribution is 2.15. The van der Waals surface area contributed by atoms with Gasteiger partial charge in [0, 0.05) is 27.9 Å². The normalized spacial score (nSPS) is 13.6. The molecule has 0 saturated heterocycles. The number of hydrogen-bond donors (Lipinski definition) is 6. The van der Waals surface area contributed by atoms with Crippen LogP contribution in [-0.2, 0) is 38.4 Å². The van der Waals surface area contributed by atoms with E-state index in [1.165, 1.54) is 0 Å². The van der Waals surface area contributed by atoms with Crippen LogP contribution in [0, 0.1) is 0 Å². The van der Waals surface area contributed by atoms with Crippen molar-refractivity contribution < 1.29 is 24.3 Å². The topological polar surface area (TPSA) is 177 Å². The lowest BCUT2D eigenvalue weighted by Gasteiger charge is -2.25. The molecule has 10 nitrogen and oxygen atoms in total. The zero-order chi connectivity index (χ0) is 33.6. The Balaban J connectivity index is 1.84. The van der Waals surface area contributed by atoms with Crippen molar-refractivity contribution in [2.24, 2.45) is 11.5 Å². The molecule has 8 N–H and O–H groups in total. The van der Waals surface area contributed by atoms with E-state index in [4.69, 9.17) is 46.3 Å². The third-order valence-electron chi connectivity index (χ3n) is 7.24. The zero-order valence-corrected chi connectivity index (χ0v) is 27.3. The van der Waals surface area contributed by atoms with Crippen LogP contribution in [0.25, 0.3) is 0 Å². The van der Waals surface area contributed by atoms with Gasteiger partial charge in [0.15, 0.2) is 0 Å². The van der Waals surface area contributed by atoms with Crippen molar-refractivity contribution in [2.75, 3.05) is 6.54 Å². The molecule has 3 amide bonds. The number of benzene rings is 3. The fraction of sp³-hybridized carbons (Fsp3) is 0.333. The minimum atomic E-state index is -1.20. The number of carbonyl (C=O) groups is 4. The Kier molecular flexibility index (Phi) is 14.8. The molecule has 0 aromatic heterocycles. The van der Waals surface area contributed by atoms with Crippen LogP contribution in [-0.4, -0.2) is 59.5 Å². The highest BCUT2D eigenvalue weighted by molar-refractivity contribution is 6.31. The molecule has 13 heteroatoms. The molecule has 0 bridgehead atoms. The van der Waals surface area contributed by atoms with Gasteiger partial charge in [-0.25, -0.2) is 4.79 Å². The molecule has 46 heavy (non-hydrogen) atoms. The van der Waals surface area contributed by atoms with Crippen molar-refractivity contribution in [2.45, 2.75) is 62.7 Å². The summed E-state index contributed by atoms with van der Waals surface area (Å²) < 4.78 is 0. The maximum Gasteiger partial charge on any atom is 0.326 e. The third-order valence-corrected chi connectivity index (χ3v) is 8.00. The van der Waals surface area contributed by atoms with E-state index in [0.29, 0.717) is 45.6 Å². The maximum atomic E-state index is 13.8. The SMILES string of the molecule is NCCCCC(NC(=O)C(Cc1ccc(Cl)cc1)NC(=O)C(Cc1ccc(Cl)cc1)NC(=O)C(N)Cc1ccc(Cl)cc1)C(=O)O. The van der Waals surface area contributed by atoms with Crippen LogP contribution >= 0.6 is 34.8 Å². The number of halogens is 3. The number of nitrogens with two attached hydrogens (primary N) is 2. The lowest BCUT2D eigenvalue weighted by molar-refractivity contribution is -0.142. The number of carboxylic acids is 1. The molecule has 0 spiro atoms. The van der Waals surface area contributed by atoms with E-state index < -0.39 is 47.9 Å². The van der Waals surface area contributed by atoms with Gasteiger partial charge in [-0.1, -0.05) is 71.2 Å². The van der Waals surface area contributed by atoms with Gasteiger partial charge < -0.3 is 32.5 Å². The maximum absolute atomic E-state index is 13.8. The molecule has 4 unspecified atom stereocenters. The average molecular weight is 691 g/mol. The van der Waals surface area contributed by atoms with E-state index in [1.54, 1.807) is 72.8 Å². The fourth-order valence-electron chi connectivity index (χ4n) is 4.67. The second-order valence-electron chi connectivity index (χ2n) is 10.9. The number of rotatable bonds is 17. The summed E-state index contributed by atoms with van der Waals surface area (Å²) in [6.07, 6.45) is 1.54. The monoisotopic (exact) mass is 689 g/mol. The summed E-state index contributed by atoms with van der Waals surface area (Å²) in [6.45, 7) is 0.389. The Labute approximate surface area is 283 Å². The van der Waals surface area contributed by atoms with Gasteiger partial charge in [-0.2, -0.15) is 0 Å². The summed E-state index contributed by atoms with van der Waals surface area (Å²) in [7, 11) is 0. The Morgan fingerprint density at radius 3 is 1.35 bits per heavy atom. The summed E-state index contributed by atoms with van der Waals surface area (Å²) in [5.41, 5.74) is 13.9. The summed E-state index contributed by atoms with van der Waals surface area (Å²) in [4.78, 5) is 52.5. The van der Waals surface area contributed by atoms with Gasteiger partial charge in [-0.05, 0) is 85.3 Å². The van der Waals surface area contributed by atoms with Crippen LogP contribution in [0.4, 0.5) is 0 Å². The smallest absolute Gasteiger partial charge is 0.326 e. The van der Waals surface area contributed by atoms with Crippen LogP contribution in [0.3, 0.4) is 0 Å². The van der Waals surface area contributed by atoms with E-state index >= 15 is 0 Å². The summed E-state index contributed by atoms with van der Waals surface area (Å²) in [6, 6.07) is 15.9. The zero-order valence-electron chi connectivity index (χ0n) is 25.1. The minimum Gasteiger partial charge on any atom is -0.480 e. The van der Waals surface area contributed by atoms with Crippen molar-refractivity contribution in [1.29, 1.82) is 0 Å². The Morgan fingerprint density at radius 2 is 0.957 bits per heavy atom. The van der Waals surface area contributed by atoms with Gasteiger partial charge in [-0.3, -0.25) is 14.4 Å². The van der Waals surface area contributed by atoms with Crippen molar-refractivity contribution in [1.82, 2.24) is 16.0 Å². The largest absolute Gasteiger partial charge is 0.480 e. The summed E-state index contributed by atoms with van der Waals surface area (Å²) in [5, 5.41) is 19.3. The minimum absolute atomic E-state index is 0.0293. The fourth-order valence-corrected chi connectivity index (χ4v) is 5.05. The van der Waals surface area contributed by atoms with Crippen molar-refractivity contribution in [3.8, 4) is 0 Å². The standard InChI is InChI=1S/C33H38Cl3N5O5/c34-23-10-4-20(5-11-23)17-26(38)30(42)40-28(18-21-6-12-24(35)13-7-21)32(44)41-29(19-22-8-14-25(36)15-9-22)31(43)39-27(33(45)46)3-1-2-16-37/h4-15,26-29H,1-3,16-19,37-38H2,(H,39,43)(H,40,42)(H,41,44)(H,45,46). The quantitative estimate of drug-likeness (QED) is 0.117. The van der Waals surface area contributed by atoms with Gasteiger partial charge in [0.05, 0.1) is 6.04 Å². The number of nitrogens with one attached hydrogen (secondary N) is 3. The first-order valence-corrected chi connectivity index (χ1v) is 15.9. The predicted octanol–water partition coefficient (Wildman–Crippen LogP) is 3.67. The van der Waals surface area contributed by atoms with E-state index in [2.05, 4.69) is 16.0 Å². The predicted molar refractivity (Wildman–Crippen MR) is 180 cm³/mol. The first-order chi connectivity index (χ1) is 21.9. The molecule has 3 aromatic rings. The second-order valence-corrected chi connectivity index (χ2v) is 12.2. The van der Waals surface area contributed by atoms with E-state index in [-0.39, 0.29) is 25.7 Å². The summed E-state index contributed by atoms with van der Waals surface area (Å²) in [5.74, 6) is -3.14. The van der Waals surface area contributed by atoms with E-state index in [1.807, 2.05) is 0 Å². The van der Waals surface area contributed by atoms with Crippen LogP contribution in [0.5, 0.6) is 0 Å². The highest BCUT2D eigenvalue weighted by Gasteiger charge is 2.31. The number of carboxylic acid groups (broad SMARTS) is 1. The molecule has 0 aliphatic carbocycles. The number of amides is 3. The lowest BCUT2D eigenvalue weighted by atomic mass is 10.0. The van der Waals surface area contributed by atoms with Crippen molar-refractivity contribution >= 4 is 58.5 Å². The molecule has 0 saturated carbocycles. The molecule has 0 radical (unpaired) electrons. The van der Waals surface area contributed by atoms with Gasteiger partial charge in [0.25, 0.3) is 0 Å². The van der Waals surface area contributed by atoms with Crippen molar-refractivity contribution in [3.63, 3.8) is 0 Å². The average Bonchev–Trinajstić information content (AvgIpc) is 3.02. The third kappa shape index (κ3) is 12.3. The number of carbonyl (C=O) groups excluding carboxylic acids is 3. The van der Waals surface area contributed by atoms with E-state index in [9.17, 15) is 24.3 Å². The molecular formula is C33H38Cl3N5O5. The van der Waals surface area contributed by atoms with Crippen molar-refractivity contribution in [3.05, 3.63) is 105 Å². The lowest BCUT2D eigenvalue weighted by Crippen LogP contribution is -2.58. The second kappa shape index (κ2) is 18.5. The van der Waals surface area contributed by atoms with Gasteiger partial charge >= 0.3 is 5.97 Å². The molecule has 0 fully saturated rings. The molecule has 246 valence electrons. The molecule has 0 heterocycles. The Bertz CT molecular complexity index is 1460. The van der Waals surface area contributed by atoms with Gasteiger partial charge in [0.1, 0.15) is 18.1 Å². The Hall–Kier alpha value is -3.67. The highest BCUT2D eigenvalue weighted by atomic mass is 35.5. The number of hydrogen-bond acceptors (Lipinski definition) is 6. The van der Waals surface area contributed by atoms with Crippen LogP contribution < -0.4 is 27.4 Å². The molecule has 3 rings (SSSR count).